The van der Waals surface area contributed by atoms with Crippen LogP contribution in [0.2, 0.25) is 0 Å². The molecule has 0 aliphatic carbocycles. The van der Waals surface area contributed by atoms with Crippen LogP contribution in [0.15, 0.2) is 35.2 Å². The quantitative estimate of drug-likeness (QED) is 0.924. The van der Waals surface area contributed by atoms with Crippen LogP contribution >= 0.6 is 15.9 Å². The van der Waals surface area contributed by atoms with Crippen molar-refractivity contribution in [1.82, 2.24) is 14.8 Å². The van der Waals surface area contributed by atoms with Crippen LogP contribution in [0.5, 0.6) is 0 Å². The van der Waals surface area contributed by atoms with E-state index in [4.69, 9.17) is 0 Å². The lowest BCUT2D eigenvalue weighted by Gasteiger charge is -2.13. The summed E-state index contributed by atoms with van der Waals surface area (Å²) in [4.78, 5) is 4.05. The van der Waals surface area contributed by atoms with E-state index in [9.17, 15) is 5.11 Å². The standard InChI is InChI=1S/C13H16BrN3O/c1-2-6-17-13(11(14)9-16-17)12(18)7-10-4-3-5-15-8-10/h3-5,8-9,12,18H,2,6-7H2,1H3. The molecule has 4 nitrogen and oxygen atoms in total. The monoisotopic (exact) mass is 309 g/mol. The third-order valence-corrected chi connectivity index (χ3v) is 3.35. The number of aromatic nitrogens is 3. The number of hydrogen-bond donors (Lipinski definition) is 1. The molecule has 0 saturated heterocycles. The Labute approximate surface area is 115 Å². The smallest absolute Gasteiger partial charge is 0.101 e. The molecule has 1 atom stereocenters. The number of nitrogens with zero attached hydrogens (tertiary/aromatic N) is 3. The minimum Gasteiger partial charge on any atom is -0.386 e. The molecule has 0 aromatic carbocycles. The van der Waals surface area contributed by atoms with E-state index in [0.717, 1.165) is 28.7 Å². The zero-order chi connectivity index (χ0) is 13.0. The lowest BCUT2D eigenvalue weighted by Crippen LogP contribution is -2.11. The first-order valence-electron chi connectivity index (χ1n) is 6.00. The molecule has 5 heteroatoms. The number of hydrogen-bond acceptors (Lipinski definition) is 3. The molecule has 0 spiro atoms. The van der Waals surface area contributed by atoms with Gasteiger partial charge in [-0.05, 0) is 34.0 Å². The van der Waals surface area contributed by atoms with Gasteiger partial charge in [-0.2, -0.15) is 5.10 Å². The molecule has 1 N–H and O–H groups in total. The van der Waals surface area contributed by atoms with Crippen molar-refractivity contribution < 1.29 is 5.11 Å². The fraction of sp³-hybridized carbons (Fsp3) is 0.385. The third kappa shape index (κ3) is 2.97. The molecule has 0 saturated carbocycles. The van der Waals surface area contributed by atoms with Gasteiger partial charge in [0.2, 0.25) is 0 Å². The molecule has 2 heterocycles. The van der Waals surface area contributed by atoms with E-state index in [1.165, 1.54) is 0 Å². The van der Waals surface area contributed by atoms with Crippen LogP contribution in [-0.4, -0.2) is 19.9 Å². The second kappa shape index (κ2) is 6.11. The highest BCUT2D eigenvalue weighted by molar-refractivity contribution is 9.10. The van der Waals surface area contributed by atoms with Crippen LogP contribution in [-0.2, 0) is 13.0 Å². The predicted molar refractivity (Wildman–Crippen MR) is 73.1 cm³/mol. The summed E-state index contributed by atoms with van der Waals surface area (Å²) >= 11 is 3.44. The molecule has 0 radical (unpaired) electrons. The molecule has 18 heavy (non-hydrogen) atoms. The average Bonchev–Trinajstić information content (AvgIpc) is 2.72. The van der Waals surface area contributed by atoms with E-state index in [0.29, 0.717) is 6.42 Å². The minimum absolute atomic E-state index is 0.543. The Balaban J connectivity index is 2.18. The second-order valence-corrected chi connectivity index (χ2v) is 5.04. The van der Waals surface area contributed by atoms with E-state index in [-0.39, 0.29) is 0 Å². The van der Waals surface area contributed by atoms with Gasteiger partial charge in [0.15, 0.2) is 0 Å². The first-order valence-corrected chi connectivity index (χ1v) is 6.79. The SMILES string of the molecule is CCCn1ncc(Br)c1C(O)Cc1cccnc1. The van der Waals surface area contributed by atoms with Crippen LogP contribution in [0.25, 0.3) is 0 Å². The lowest BCUT2D eigenvalue weighted by molar-refractivity contribution is 0.165. The molecule has 1 unspecified atom stereocenters. The zero-order valence-electron chi connectivity index (χ0n) is 10.3. The zero-order valence-corrected chi connectivity index (χ0v) is 11.8. The molecule has 0 aliphatic heterocycles. The van der Waals surface area contributed by atoms with Crippen LogP contribution < -0.4 is 0 Å². The van der Waals surface area contributed by atoms with E-state index < -0.39 is 6.10 Å². The Hall–Kier alpha value is -1.20. The summed E-state index contributed by atoms with van der Waals surface area (Å²) in [5.41, 5.74) is 1.85. The maximum Gasteiger partial charge on any atom is 0.101 e. The third-order valence-electron chi connectivity index (χ3n) is 2.74. The lowest BCUT2D eigenvalue weighted by atomic mass is 10.1. The van der Waals surface area contributed by atoms with E-state index in [1.54, 1.807) is 18.6 Å². The Kier molecular flexibility index (Phi) is 4.49. The molecule has 0 amide bonds. The van der Waals surface area contributed by atoms with Gasteiger partial charge in [0.05, 0.1) is 16.4 Å². The van der Waals surface area contributed by atoms with Gasteiger partial charge in [-0.3, -0.25) is 9.67 Å². The maximum absolute atomic E-state index is 10.3. The number of rotatable bonds is 5. The summed E-state index contributed by atoms with van der Waals surface area (Å²) in [6, 6.07) is 3.84. The molecule has 0 aliphatic rings. The summed E-state index contributed by atoms with van der Waals surface area (Å²) in [6.45, 7) is 2.90. The van der Waals surface area contributed by atoms with Crippen molar-refractivity contribution in [3.63, 3.8) is 0 Å². The summed E-state index contributed by atoms with van der Waals surface area (Å²) in [7, 11) is 0. The van der Waals surface area contributed by atoms with E-state index in [1.807, 2.05) is 16.8 Å². The number of aryl methyl sites for hydroxylation is 1. The maximum atomic E-state index is 10.3. The van der Waals surface area contributed by atoms with Gasteiger partial charge in [0.25, 0.3) is 0 Å². The van der Waals surface area contributed by atoms with Gasteiger partial charge in [-0.1, -0.05) is 13.0 Å². The van der Waals surface area contributed by atoms with Crippen LogP contribution in [0, 0.1) is 0 Å². The second-order valence-electron chi connectivity index (χ2n) is 4.18. The largest absolute Gasteiger partial charge is 0.386 e. The molecule has 2 rings (SSSR count). The summed E-state index contributed by atoms with van der Waals surface area (Å²) in [5.74, 6) is 0. The van der Waals surface area contributed by atoms with Crippen LogP contribution in [0.4, 0.5) is 0 Å². The van der Waals surface area contributed by atoms with Crippen molar-refractivity contribution in [2.45, 2.75) is 32.4 Å². The van der Waals surface area contributed by atoms with Gasteiger partial charge in [-0.15, -0.1) is 0 Å². The van der Waals surface area contributed by atoms with E-state index in [2.05, 4.69) is 32.9 Å². The fourth-order valence-electron chi connectivity index (χ4n) is 1.93. The highest BCUT2D eigenvalue weighted by Gasteiger charge is 2.17. The van der Waals surface area contributed by atoms with Gasteiger partial charge in [-0.25, -0.2) is 0 Å². The summed E-state index contributed by atoms with van der Waals surface area (Å²) in [5, 5.41) is 14.6. The topological polar surface area (TPSA) is 50.9 Å². The van der Waals surface area contributed by atoms with Gasteiger partial charge < -0.3 is 5.11 Å². The molecular weight excluding hydrogens is 294 g/mol. The Bertz CT molecular complexity index is 498. The summed E-state index contributed by atoms with van der Waals surface area (Å²) in [6.07, 6.45) is 6.20. The fourth-order valence-corrected chi connectivity index (χ4v) is 2.49. The number of aliphatic hydroxyl groups excluding tert-OH is 1. The van der Waals surface area contributed by atoms with Gasteiger partial charge >= 0.3 is 0 Å². The van der Waals surface area contributed by atoms with Crippen LogP contribution in [0.3, 0.4) is 0 Å². The van der Waals surface area contributed by atoms with Crippen molar-refractivity contribution in [2.24, 2.45) is 0 Å². The Morgan fingerprint density at radius 3 is 2.94 bits per heavy atom. The predicted octanol–water partition coefficient (Wildman–Crippen LogP) is 2.73. The highest BCUT2D eigenvalue weighted by atomic mass is 79.9. The van der Waals surface area contributed by atoms with Gasteiger partial charge in [0.1, 0.15) is 6.10 Å². The number of pyridine rings is 1. The number of aliphatic hydroxyl groups is 1. The van der Waals surface area contributed by atoms with Crippen LogP contribution in [0.1, 0.15) is 30.7 Å². The molecule has 96 valence electrons. The van der Waals surface area contributed by atoms with Crippen molar-refractivity contribution in [3.05, 3.63) is 46.5 Å². The van der Waals surface area contributed by atoms with Crippen molar-refractivity contribution >= 4 is 15.9 Å². The van der Waals surface area contributed by atoms with E-state index >= 15 is 0 Å². The molecule has 0 bridgehead atoms. The molecule has 2 aromatic heterocycles. The van der Waals surface area contributed by atoms with Gasteiger partial charge in [0, 0.05) is 25.4 Å². The highest BCUT2D eigenvalue weighted by Crippen LogP contribution is 2.26. The van der Waals surface area contributed by atoms with Crippen molar-refractivity contribution in [1.29, 1.82) is 0 Å². The van der Waals surface area contributed by atoms with Crippen molar-refractivity contribution in [3.8, 4) is 0 Å². The number of halogens is 1. The molecule has 0 fully saturated rings. The summed E-state index contributed by atoms with van der Waals surface area (Å²) < 4.78 is 2.71. The average molecular weight is 310 g/mol. The normalized spacial score (nSPS) is 12.6. The minimum atomic E-state index is -0.572. The molecule has 2 aromatic rings. The Morgan fingerprint density at radius 1 is 1.44 bits per heavy atom. The first kappa shape index (κ1) is 13.2. The Morgan fingerprint density at radius 2 is 2.28 bits per heavy atom. The first-order chi connectivity index (χ1) is 8.72. The molecular formula is C13H16BrN3O. The van der Waals surface area contributed by atoms with Crippen molar-refractivity contribution in [2.75, 3.05) is 0 Å².